The Bertz CT molecular complexity index is 614. The third kappa shape index (κ3) is 4.27. The first kappa shape index (κ1) is 16.1. The van der Waals surface area contributed by atoms with Crippen molar-refractivity contribution < 1.29 is 16.8 Å². The maximum absolute atomic E-state index is 12.0. The quantitative estimate of drug-likeness (QED) is 0.611. The molecule has 0 aromatic carbocycles. The van der Waals surface area contributed by atoms with Crippen LogP contribution < -0.4 is 9.44 Å². The van der Waals surface area contributed by atoms with Gasteiger partial charge in [0.05, 0.1) is 17.1 Å². The van der Waals surface area contributed by atoms with Gasteiger partial charge in [0, 0.05) is 13.1 Å². The topological polar surface area (TPSA) is 121 Å². The van der Waals surface area contributed by atoms with Crippen LogP contribution in [0.2, 0.25) is 0 Å². The van der Waals surface area contributed by atoms with Gasteiger partial charge >= 0.3 is 0 Å². The molecule has 8 nitrogen and oxygen atoms in total. The third-order valence-electron chi connectivity index (χ3n) is 2.36. The summed E-state index contributed by atoms with van der Waals surface area (Å²) in [6.45, 7) is 4.88. The molecule has 0 aliphatic carbocycles. The maximum Gasteiger partial charge on any atom is 0.244 e. The largest absolute Gasteiger partial charge is 0.281 e. The molecule has 0 radical (unpaired) electrons. The highest BCUT2D eigenvalue weighted by atomic mass is 32.2. The summed E-state index contributed by atoms with van der Waals surface area (Å²) in [7, 11) is -7.20. The van der Waals surface area contributed by atoms with Crippen LogP contribution in [0.5, 0.6) is 0 Å². The second kappa shape index (κ2) is 5.99. The minimum absolute atomic E-state index is 0.0633. The van der Waals surface area contributed by atoms with Crippen LogP contribution in [0.15, 0.2) is 4.90 Å². The highest BCUT2D eigenvalue weighted by molar-refractivity contribution is 7.90. The van der Waals surface area contributed by atoms with Gasteiger partial charge in [-0.2, -0.15) is 5.10 Å². The number of aryl methyl sites for hydroxylation is 2. The molecule has 0 bridgehead atoms. The predicted octanol–water partition coefficient (Wildman–Crippen LogP) is -0.756. The van der Waals surface area contributed by atoms with E-state index in [0.717, 1.165) is 0 Å². The van der Waals surface area contributed by atoms with Gasteiger partial charge in [-0.25, -0.2) is 26.3 Å². The molecule has 1 heterocycles. The smallest absolute Gasteiger partial charge is 0.244 e. The van der Waals surface area contributed by atoms with Crippen molar-refractivity contribution in [2.75, 3.05) is 18.8 Å². The number of aromatic nitrogens is 2. The number of H-pyrrole nitrogens is 1. The predicted molar refractivity (Wildman–Crippen MR) is 70.7 cm³/mol. The molecule has 0 saturated heterocycles. The van der Waals surface area contributed by atoms with Gasteiger partial charge in [-0.05, 0) is 13.8 Å². The summed E-state index contributed by atoms with van der Waals surface area (Å²) in [5.74, 6) is -0.310. The minimum Gasteiger partial charge on any atom is -0.281 e. The molecule has 19 heavy (non-hydrogen) atoms. The molecule has 0 unspecified atom stereocenters. The molecule has 0 aliphatic rings. The van der Waals surface area contributed by atoms with Crippen LogP contribution in [0.1, 0.15) is 18.3 Å². The van der Waals surface area contributed by atoms with Crippen LogP contribution in [0.25, 0.3) is 0 Å². The average molecular weight is 310 g/mol. The van der Waals surface area contributed by atoms with Crippen molar-refractivity contribution in [1.29, 1.82) is 0 Å². The Balaban J connectivity index is 2.73. The number of nitrogens with zero attached hydrogens (tertiary/aromatic N) is 1. The van der Waals surface area contributed by atoms with Gasteiger partial charge in [0.2, 0.25) is 20.0 Å². The van der Waals surface area contributed by atoms with E-state index in [4.69, 9.17) is 0 Å². The van der Waals surface area contributed by atoms with Crippen molar-refractivity contribution in [3.8, 4) is 0 Å². The Labute approximate surface area is 113 Å². The summed E-state index contributed by atoms with van der Waals surface area (Å²) in [5.41, 5.74) is 0.763. The Hall–Kier alpha value is -0.970. The van der Waals surface area contributed by atoms with E-state index in [-0.39, 0.29) is 23.7 Å². The van der Waals surface area contributed by atoms with Crippen molar-refractivity contribution in [2.24, 2.45) is 0 Å². The van der Waals surface area contributed by atoms with Crippen molar-refractivity contribution in [3.05, 3.63) is 11.4 Å². The summed E-state index contributed by atoms with van der Waals surface area (Å²) in [4.78, 5) is 0.0633. The molecular weight excluding hydrogens is 292 g/mol. The Morgan fingerprint density at radius 1 is 1.16 bits per heavy atom. The van der Waals surface area contributed by atoms with E-state index in [0.29, 0.717) is 11.4 Å². The first-order chi connectivity index (χ1) is 8.69. The summed E-state index contributed by atoms with van der Waals surface area (Å²) >= 11 is 0. The highest BCUT2D eigenvalue weighted by Crippen LogP contribution is 2.15. The number of aromatic amines is 1. The van der Waals surface area contributed by atoms with Crippen LogP contribution in [0.4, 0.5) is 0 Å². The van der Waals surface area contributed by atoms with Crippen molar-refractivity contribution in [3.63, 3.8) is 0 Å². The molecule has 0 fully saturated rings. The van der Waals surface area contributed by atoms with E-state index in [9.17, 15) is 16.8 Å². The lowest BCUT2D eigenvalue weighted by atomic mass is 10.4. The van der Waals surface area contributed by atoms with Crippen LogP contribution >= 0.6 is 0 Å². The van der Waals surface area contributed by atoms with Gasteiger partial charge in [0.25, 0.3) is 0 Å². The molecule has 1 rings (SSSR count). The lowest BCUT2D eigenvalue weighted by molar-refractivity contribution is 0.576. The van der Waals surface area contributed by atoms with E-state index in [1.807, 2.05) is 0 Å². The highest BCUT2D eigenvalue weighted by Gasteiger charge is 2.22. The van der Waals surface area contributed by atoms with Crippen molar-refractivity contribution >= 4 is 20.0 Å². The van der Waals surface area contributed by atoms with E-state index in [2.05, 4.69) is 19.6 Å². The van der Waals surface area contributed by atoms with Crippen LogP contribution in [0.3, 0.4) is 0 Å². The first-order valence-corrected chi connectivity index (χ1v) is 8.81. The van der Waals surface area contributed by atoms with Crippen LogP contribution in [-0.2, 0) is 20.0 Å². The molecule has 0 aliphatic heterocycles. The van der Waals surface area contributed by atoms with Crippen molar-refractivity contribution in [1.82, 2.24) is 19.6 Å². The number of hydrogen-bond donors (Lipinski definition) is 3. The summed E-state index contributed by atoms with van der Waals surface area (Å²) in [5, 5.41) is 6.36. The zero-order chi connectivity index (χ0) is 14.7. The van der Waals surface area contributed by atoms with E-state index >= 15 is 0 Å². The second-order valence-electron chi connectivity index (χ2n) is 3.98. The monoisotopic (exact) mass is 310 g/mol. The lowest BCUT2D eigenvalue weighted by Gasteiger charge is -2.07. The molecule has 110 valence electrons. The molecule has 0 saturated carbocycles. The fraction of sp³-hybridized carbons (Fsp3) is 0.667. The normalized spacial score (nSPS) is 12.8. The van der Waals surface area contributed by atoms with Gasteiger partial charge < -0.3 is 0 Å². The summed E-state index contributed by atoms with van der Waals surface area (Å²) in [6.07, 6.45) is 0. The van der Waals surface area contributed by atoms with Gasteiger partial charge in [-0.1, -0.05) is 6.92 Å². The Morgan fingerprint density at radius 2 is 1.79 bits per heavy atom. The zero-order valence-electron chi connectivity index (χ0n) is 11.0. The maximum atomic E-state index is 12.0. The Kier molecular flexibility index (Phi) is 5.07. The SMILES string of the molecule is CCNS(=O)(=O)CCNS(=O)(=O)c1c(C)n[nH]c1C. The fourth-order valence-corrected chi connectivity index (χ4v) is 4.09. The van der Waals surface area contributed by atoms with Crippen molar-refractivity contribution in [2.45, 2.75) is 25.7 Å². The lowest BCUT2D eigenvalue weighted by Crippen LogP contribution is -2.34. The van der Waals surface area contributed by atoms with Crippen LogP contribution in [0, 0.1) is 13.8 Å². The number of rotatable bonds is 7. The molecule has 10 heteroatoms. The minimum atomic E-state index is -3.75. The fourth-order valence-electron chi connectivity index (χ4n) is 1.61. The van der Waals surface area contributed by atoms with Gasteiger partial charge in [-0.15, -0.1) is 0 Å². The number of hydrogen-bond acceptors (Lipinski definition) is 5. The number of sulfonamides is 2. The summed E-state index contributed by atoms with van der Waals surface area (Å²) < 4.78 is 51.3. The van der Waals surface area contributed by atoms with Crippen LogP contribution in [-0.4, -0.2) is 45.9 Å². The Morgan fingerprint density at radius 3 is 2.26 bits per heavy atom. The molecule has 3 N–H and O–H groups in total. The van der Waals surface area contributed by atoms with Gasteiger partial charge in [-0.3, -0.25) is 5.10 Å². The standard InChI is InChI=1S/C9H18N4O4S2/c1-4-10-18(14,15)6-5-11-19(16,17)9-7(2)12-13-8(9)3/h10-11H,4-6H2,1-3H3,(H,12,13). The molecule has 1 aromatic heterocycles. The van der Waals surface area contributed by atoms with Gasteiger partial charge in [0.15, 0.2) is 0 Å². The van der Waals surface area contributed by atoms with E-state index in [1.54, 1.807) is 20.8 Å². The summed E-state index contributed by atoms with van der Waals surface area (Å²) in [6, 6.07) is 0. The molecule has 1 aromatic rings. The van der Waals surface area contributed by atoms with E-state index in [1.165, 1.54) is 0 Å². The van der Waals surface area contributed by atoms with Gasteiger partial charge in [0.1, 0.15) is 4.90 Å². The molecule has 0 amide bonds. The first-order valence-electron chi connectivity index (χ1n) is 5.68. The second-order valence-corrected chi connectivity index (χ2v) is 7.61. The molecule has 0 atom stereocenters. The molecule has 0 spiro atoms. The number of nitrogens with one attached hydrogen (secondary N) is 3. The molecular formula is C9H18N4O4S2. The van der Waals surface area contributed by atoms with E-state index < -0.39 is 20.0 Å². The average Bonchev–Trinajstić information content (AvgIpc) is 2.58. The third-order valence-corrected chi connectivity index (χ3v) is 5.55. The zero-order valence-corrected chi connectivity index (χ0v) is 12.7.